The van der Waals surface area contributed by atoms with Crippen LogP contribution in [0.15, 0.2) is 29.2 Å². The van der Waals surface area contributed by atoms with Crippen LogP contribution in [0.1, 0.15) is 23.9 Å². The fourth-order valence-corrected chi connectivity index (χ4v) is 4.96. The van der Waals surface area contributed by atoms with Gasteiger partial charge in [-0.1, -0.05) is 17.7 Å². The second-order valence-electron chi connectivity index (χ2n) is 7.59. The van der Waals surface area contributed by atoms with Gasteiger partial charge in [0.1, 0.15) is 0 Å². The van der Waals surface area contributed by atoms with Gasteiger partial charge in [-0.2, -0.15) is 9.40 Å². The van der Waals surface area contributed by atoms with Gasteiger partial charge >= 0.3 is 0 Å². The number of carbonyl (C=O) groups is 1. The van der Waals surface area contributed by atoms with E-state index in [4.69, 9.17) is 0 Å². The van der Waals surface area contributed by atoms with Gasteiger partial charge in [-0.25, -0.2) is 8.42 Å². The first kappa shape index (κ1) is 21.5. The van der Waals surface area contributed by atoms with Crippen molar-refractivity contribution in [1.82, 2.24) is 19.0 Å². The Morgan fingerprint density at radius 1 is 1.07 bits per heavy atom. The third-order valence-electron chi connectivity index (χ3n) is 5.62. The van der Waals surface area contributed by atoms with E-state index in [0.717, 1.165) is 22.6 Å². The molecule has 1 fully saturated rings. The van der Waals surface area contributed by atoms with Gasteiger partial charge in [-0.3, -0.25) is 14.4 Å². The number of rotatable bonds is 5. The molecule has 2 heterocycles. The fraction of sp³-hybridized carbons (Fsp3) is 0.500. The van der Waals surface area contributed by atoms with E-state index in [1.165, 1.54) is 4.31 Å². The van der Waals surface area contributed by atoms with Gasteiger partial charge in [0.05, 0.1) is 28.0 Å². The quantitative estimate of drug-likeness (QED) is 0.797. The van der Waals surface area contributed by atoms with Crippen LogP contribution < -0.4 is 5.32 Å². The molecule has 1 aliphatic heterocycles. The molecular weight excluding hydrogens is 390 g/mol. The first-order valence-corrected chi connectivity index (χ1v) is 11.2. The number of nitrogens with one attached hydrogen (secondary N) is 1. The second-order valence-corrected chi connectivity index (χ2v) is 9.53. The van der Waals surface area contributed by atoms with E-state index < -0.39 is 10.0 Å². The van der Waals surface area contributed by atoms with E-state index in [2.05, 4.69) is 10.4 Å². The molecule has 0 aliphatic carbocycles. The lowest BCUT2D eigenvalue weighted by molar-refractivity contribution is -0.121. The summed E-state index contributed by atoms with van der Waals surface area (Å²) in [5, 5.41) is 7.29. The maximum atomic E-state index is 12.8. The molecule has 0 unspecified atom stereocenters. The van der Waals surface area contributed by atoms with E-state index >= 15 is 0 Å². The molecule has 0 radical (unpaired) electrons. The van der Waals surface area contributed by atoms with E-state index in [1.807, 2.05) is 39.6 Å². The van der Waals surface area contributed by atoms with Crippen LogP contribution in [0.25, 0.3) is 0 Å². The predicted octanol–water partition coefficient (Wildman–Crippen LogP) is 1.68. The van der Waals surface area contributed by atoms with Crippen molar-refractivity contribution >= 4 is 21.6 Å². The largest absolute Gasteiger partial charge is 0.322 e. The number of aromatic nitrogens is 2. The molecule has 1 aromatic heterocycles. The molecule has 1 amide bonds. The van der Waals surface area contributed by atoms with Gasteiger partial charge < -0.3 is 5.32 Å². The minimum atomic E-state index is -3.51. The van der Waals surface area contributed by atoms with Crippen molar-refractivity contribution in [3.63, 3.8) is 0 Å². The van der Waals surface area contributed by atoms with E-state index in [1.54, 1.807) is 28.9 Å². The van der Waals surface area contributed by atoms with Gasteiger partial charge in [-0.15, -0.1) is 0 Å². The summed E-state index contributed by atoms with van der Waals surface area (Å²) >= 11 is 0. The lowest BCUT2D eigenvalue weighted by Crippen LogP contribution is -2.53. The van der Waals surface area contributed by atoms with Crippen LogP contribution in [0.5, 0.6) is 0 Å². The zero-order chi connectivity index (χ0) is 21.3. The summed E-state index contributed by atoms with van der Waals surface area (Å²) < 4.78 is 28.9. The van der Waals surface area contributed by atoms with Gasteiger partial charge in [0, 0.05) is 33.2 Å². The summed E-state index contributed by atoms with van der Waals surface area (Å²) in [6.07, 6.45) is 0. The Bertz CT molecular complexity index is 990. The number of aryl methyl sites for hydroxylation is 3. The zero-order valence-electron chi connectivity index (χ0n) is 17.6. The molecule has 0 spiro atoms. The monoisotopic (exact) mass is 419 g/mol. The molecular formula is C20H29N5O3S. The Hall–Kier alpha value is -2.23. The first-order chi connectivity index (χ1) is 13.6. The number of benzene rings is 1. The third kappa shape index (κ3) is 4.36. The van der Waals surface area contributed by atoms with Crippen LogP contribution in [-0.2, 0) is 21.9 Å². The molecule has 0 bridgehead atoms. The molecule has 8 nitrogen and oxygen atoms in total. The summed E-state index contributed by atoms with van der Waals surface area (Å²) in [6.45, 7) is 9.28. The molecule has 2 aromatic rings. The van der Waals surface area contributed by atoms with Gasteiger partial charge in [0.25, 0.3) is 0 Å². The molecule has 1 saturated heterocycles. The van der Waals surface area contributed by atoms with Gasteiger partial charge in [-0.05, 0) is 39.8 Å². The van der Waals surface area contributed by atoms with Crippen LogP contribution in [-0.4, -0.2) is 65.5 Å². The average molecular weight is 420 g/mol. The van der Waals surface area contributed by atoms with Crippen LogP contribution in [0.4, 0.5) is 5.69 Å². The predicted molar refractivity (Wildman–Crippen MR) is 112 cm³/mol. The Morgan fingerprint density at radius 2 is 1.66 bits per heavy atom. The Labute approximate surface area is 172 Å². The minimum absolute atomic E-state index is 0.112. The summed E-state index contributed by atoms with van der Waals surface area (Å²) in [5.74, 6) is -0.112. The number of amides is 1. The zero-order valence-corrected chi connectivity index (χ0v) is 18.5. The smallest absolute Gasteiger partial charge is 0.243 e. The third-order valence-corrected chi connectivity index (χ3v) is 7.53. The highest BCUT2D eigenvalue weighted by Crippen LogP contribution is 2.21. The fourth-order valence-electron chi connectivity index (χ4n) is 3.54. The highest BCUT2D eigenvalue weighted by molar-refractivity contribution is 7.89. The van der Waals surface area contributed by atoms with Crippen molar-refractivity contribution in [3.8, 4) is 0 Å². The Morgan fingerprint density at radius 3 is 2.17 bits per heavy atom. The molecule has 1 aliphatic rings. The topological polar surface area (TPSA) is 87.5 Å². The second kappa shape index (κ2) is 8.25. The maximum Gasteiger partial charge on any atom is 0.243 e. The van der Waals surface area contributed by atoms with Crippen molar-refractivity contribution in [2.24, 2.45) is 7.05 Å². The van der Waals surface area contributed by atoms with Crippen molar-refractivity contribution in [2.45, 2.75) is 38.6 Å². The lowest BCUT2D eigenvalue weighted by atomic mass is 10.2. The molecule has 29 heavy (non-hydrogen) atoms. The van der Waals surface area contributed by atoms with Gasteiger partial charge in [0.15, 0.2) is 0 Å². The molecule has 1 N–H and O–H groups in total. The van der Waals surface area contributed by atoms with Crippen molar-refractivity contribution in [3.05, 3.63) is 41.2 Å². The SMILES string of the molecule is Cc1ccc(S(=O)(=O)N2CCN([C@@H](C)C(=O)Nc3c(C)nn(C)c3C)CC2)cc1. The van der Waals surface area contributed by atoms with Crippen molar-refractivity contribution in [1.29, 1.82) is 0 Å². The van der Waals surface area contributed by atoms with Crippen molar-refractivity contribution in [2.75, 3.05) is 31.5 Å². The number of sulfonamides is 1. The lowest BCUT2D eigenvalue weighted by Gasteiger charge is -2.36. The maximum absolute atomic E-state index is 12.8. The number of carbonyl (C=O) groups excluding carboxylic acids is 1. The summed E-state index contributed by atoms with van der Waals surface area (Å²) in [5.41, 5.74) is 3.44. The highest BCUT2D eigenvalue weighted by Gasteiger charge is 2.32. The van der Waals surface area contributed by atoms with Crippen molar-refractivity contribution < 1.29 is 13.2 Å². The number of nitrogens with zero attached hydrogens (tertiary/aromatic N) is 4. The first-order valence-electron chi connectivity index (χ1n) is 9.73. The molecule has 0 saturated carbocycles. The Balaban J connectivity index is 1.62. The van der Waals surface area contributed by atoms with Crippen LogP contribution in [0.2, 0.25) is 0 Å². The van der Waals surface area contributed by atoms with Crippen LogP contribution in [0, 0.1) is 20.8 Å². The molecule has 158 valence electrons. The summed E-state index contributed by atoms with van der Waals surface area (Å²) in [7, 11) is -1.67. The highest BCUT2D eigenvalue weighted by atomic mass is 32.2. The van der Waals surface area contributed by atoms with E-state index in [9.17, 15) is 13.2 Å². The number of hydrogen-bond donors (Lipinski definition) is 1. The van der Waals surface area contributed by atoms with Crippen LogP contribution >= 0.6 is 0 Å². The number of piperazine rings is 1. The average Bonchev–Trinajstić information content (AvgIpc) is 2.93. The molecule has 1 aromatic carbocycles. The summed E-state index contributed by atoms with van der Waals surface area (Å²) in [6, 6.07) is 6.53. The molecule has 3 rings (SSSR count). The normalized spacial score (nSPS) is 17.3. The minimum Gasteiger partial charge on any atom is -0.322 e. The standard InChI is InChI=1S/C20H29N5O3S/c1-14-6-8-18(9-7-14)29(27,28)25-12-10-24(11-13-25)17(4)20(26)21-19-15(2)22-23(5)16(19)3/h6-9,17H,10-13H2,1-5H3,(H,21,26)/t17-/m0/s1. The number of anilines is 1. The van der Waals surface area contributed by atoms with E-state index in [-0.39, 0.29) is 11.9 Å². The Kier molecular flexibility index (Phi) is 6.11. The summed E-state index contributed by atoms with van der Waals surface area (Å²) in [4.78, 5) is 15.1. The van der Waals surface area contributed by atoms with Gasteiger partial charge in [0.2, 0.25) is 15.9 Å². The number of hydrogen-bond acceptors (Lipinski definition) is 5. The molecule has 9 heteroatoms. The van der Waals surface area contributed by atoms with E-state index in [0.29, 0.717) is 31.1 Å². The van der Waals surface area contributed by atoms with Crippen LogP contribution in [0.3, 0.4) is 0 Å². The molecule has 1 atom stereocenters.